The molecule has 2 N–H and O–H groups in total. The normalized spacial score (nSPS) is 11.8. The molecule has 0 bridgehead atoms. The Morgan fingerprint density at radius 3 is 2.12 bits per heavy atom. The third-order valence-electron chi connectivity index (χ3n) is 4.70. The molecule has 3 rings (SSSR count). The lowest BCUT2D eigenvalue weighted by Gasteiger charge is -2.28. The Labute approximate surface area is 155 Å². The van der Waals surface area contributed by atoms with Crippen LogP contribution >= 0.6 is 0 Å². The van der Waals surface area contributed by atoms with Gasteiger partial charge in [0.15, 0.2) is 0 Å². The summed E-state index contributed by atoms with van der Waals surface area (Å²) in [5.74, 6) is -0.00386. The van der Waals surface area contributed by atoms with Crippen molar-refractivity contribution in [1.82, 2.24) is 4.90 Å². The molecule has 1 atom stereocenters. The minimum Gasteiger partial charge on any atom is -0.337 e. The van der Waals surface area contributed by atoms with E-state index in [1.807, 2.05) is 79.8 Å². The van der Waals surface area contributed by atoms with E-state index in [1.165, 1.54) is 5.56 Å². The predicted octanol–water partition coefficient (Wildman–Crippen LogP) is 4.00. The van der Waals surface area contributed by atoms with E-state index in [2.05, 4.69) is 12.1 Å². The monoisotopic (exact) mass is 344 g/mol. The maximum absolute atomic E-state index is 13.2. The van der Waals surface area contributed by atoms with Gasteiger partial charge in [0.05, 0.1) is 0 Å². The molecule has 132 valence electrons. The van der Waals surface area contributed by atoms with Crippen LogP contribution in [-0.4, -0.2) is 30.4 Å². The van der Waals surface area contributed by atoms with Crippen molar-refractivity contribution in [3.05, 3.63) is 96.1 Å². The first-order chi connectivity index (χ1) is 12.7. The van der Waals surface area contributed by atoms with Gasteiger partial charge in [-0.05, 0) is 29.2 Å². The Morgan fingerprint density at radius 2 is 1.46 bits per heavy atom. The molecular formula is C23H24N2O. The molecule has 3 aromatic rings. The van der Waals surface area contributed by atoms with Gasteiger partial charge in [-0.3, -0.25) is 4.79 Å². The summed E-state index contributed by atoms with van der Waals surface area (Å²) in [7, 11) is 1.84. The molecule has 0 aliphatic heterocycles. The van der Waals surface area contributed by atoms with E-state index in [4.69, 9.17) is 5.73 Å². The lowest BCUT2D eigenvalue weighted by Crippen LogP contribution is -2.43. The highest BCUT2D eigenvalue weighted by atomic mass is 16.2. The number of likely N-dealkylation sites (N-methyl/N-ethyl adjacent to an activating group) is 1. The SMILES string of the molecule is CN(C(=O)c1ccccc1-c1ccccc1)[C@@H](CN)Cc1ccccc1. The fourth-order valence-corrected chi connectivity index (χ4v) is 3.16. The number of benzene rings is 3. The van der Waals surface area contributed by atoms with Crippen LogP contribution in [0.5, 0.6) is 0 Å². The lowest BCUT2D eigenvalue weighted by atomic mass is 9.98. The van der Waals surface area contributed by atoms with Gasteiger partial charge in [-0.2, -0.15) is 0 Å². The van der Waals surface area contributed by atoms with E-state index >= 15 is 0 Å². The van der Waals surface area contributed by atoms with Crippen LogP contribution in [-0.2, 0) is 6.42 Å². The number of hydrogen-bond donors (Lipinski definition) is 1. The zero-order valence-electron chi connectivity index (χ0n) is 15.0. The van der Waals surface area contributed by atoms with Gasteiger partial charge < -0.3 is 10.6 Å². The highest BCUT2D eigenvalue weighted by molar-refractivity contribution is 6.00. The molecule has 0 fully saturated rings. The molecule has 0 unspecified atom stereocenters. The molecule has 0 heterocycles. The molecule has 0 saturated carbocycles. The molecule has 0 aromatic heterocycles. The van der Waals surface area contributed by atoms with Crippen LogP contribution in [0.2, 0.25) is 0 Å². The minimum absolute atomic E-state index is 0.00386. The maximum atomic E-state index is 13.2. The zero-order chi connectivity index (χ0) is 18.4. The van der Waals surface area contributed by atoms with E-state index < -0.39 is 0 Å². The van der Waals surface area contributed by atoms with Crippen LogP contribution in [0.4, 0.5) is 0 Å². The summed E-state index contributed by atoms with van der Waals surface area (Å²) in [5.41, 5.74) is 9.86. The first-order valence-corrected chi connectivity index (χ1v) is 8.86. The summed E-state index contributed by atoms with van der Waals surface area (Å²) >= 11 is 0. The van der Waals surface area contributed by atoms with Crippen molar-refractivity contribution >= 4 is 5.91 Å². The standard InChI is InChI=1S/C23H24N2O/c1-25(20(17-24)16-18-10-4-2-5-11-18)23(26)22-15-9-8-14-21(22)19-12-6-3-7-13-19/h2-15,20H,16-17,24H2,1H3/t20-/m1/s1. The van der Waals surface area contributed by atoms with Crippen LogP contribution in [0.1, 0.15) is 15.9 Å². The van der Waals surface area contributed by atoms with Gasteiger partial charge in [0, 0.05) is 25.2 Å². The average molecular weight is 344 g/mol. The van der Waals surface area contributed by atoms with Gasteiger partial charge in [-0.1, -0.05) is 78.9 Å². The van der Waals surface area contributed by atoms with Crippen molar-refractivity contribution in [3.63, 3.8) is 0 Å². The summed E-state index contributed by atoms with van der Waals surface area (Å²) in [5, 5.41) is 0. The minimum atomic E-state index is -0.0475. The Morgan fingerprint density at radius 1 is 0.885 bits per heavy atom. The number of nitrogens with two attached hydrogens (primary N) is 1. The van der Waals surface area contributed by atoms with Crippen LogP contribution in [0.25, 0.3) is 11.1 Å². The lowest BCUT2D eigenvalue weighted by molar-refractivity contribution is 0.0737. The highest BCUT2D eigenvalue weighted by Crippen LogP contribution is 2.25. The van der Waals surface area contributed by atoms with E-state index in [9.17, 15) is 4.79 Å². The van der Waals surface area contributed by atoms with Gasteiger partial charge in [-0.15, -0.1) is 0 Å². The smallest absolute Gasteiger partial charge is 0.254 e. The Balaban J connectivity index is 1.86. The van der Waals surface area contributed by atoms with Gasteiger partial charge in [-0.25, -0.2) is 0 Å². The molecule has 1 amide bonds. The summed E-state index contributed by atoms with van der Waals surface area (Å²) in [6.07, 6.45) is 0.743. The van der Waals surface area contributed by atoms with E-state index in [0.717, 1.165) is 17.5 Å². The van der Waals surface area contributed by atoms with Crippen molar-refractivity contribution in [2.75, 3.05) is 13.6 Å². The molecule has 0 aliphatic rings. The molecule has 26 heavy (non-hydrogen) atoms. The van der Waals surface area contributed by atoms with Gasteiger partial charge >= 0.3 is 0 Å². The molecule has 0 saturated heterocycles. The second-order valence-electron chi connectivity index (χ2n) is 6.41. The van der Waals surface area contributed by atoms with Crippen LogP contribution in [0, 0.1) is 0 Å². The molecule has 3 nitrogen and oxygen atoms in total. The van der Waals surface area contributed by atoms with Crippen molar-refractivity contribution in [1.29, 1.82) is 0 Å². The van der Waals surface area contributed by atoms with E-state index in [-0.39, 0.29) is 11.9 Å². The van der Waals surface area contributed by atoms with Crippen molar-refractivity contribution in [3.8, 4) is 11.1 Å². The largest absolute Gasteiger partial charge is 0.337 e. The van der Waals surface area contributed by atoms with E-state index in [1.54, 1.807) is 4.90 Å². The van der Waals surface area contributed by atoms with Gasteiger partial charge in [0.2, 0.25) is 0 Å². The van der Waals surface area contributed by atoms with Crippen molar-refractivity contribution < 1.29 is 4.79 Å². The topological polar surface area (TPSA) is 46.3 Å². The maximum Gasteiger partial charge on any atom is 0.254 e. The Hall–Kier alpha value is -2.91. The third-order valence-corrected chi connectivity index (χ3v) is 4.70. The van der Waals surface area contributed by atoms with Crippen LogP contribution < -0.4 is 5.73 Å². The number of carbonyl (C=O) groups is 1. The first-order valence-electron chi connectivity index (χ1n) is 8.86. The summed E-state index contributed by atoms with van der Waals surface area (Å²) in [6.45, 7) is 0.421. The van der Waals surface area contributed by atoms with E-state index in [0.29, 0.717) is 12.1 Å². The molecule has 3 heteroatoms. The first kappa shape index (κ1) is 17.9. The number of hydrogen-bond acceptors (Lipinski definition) is 2. The zero-order valence-corrected chi connectivity index (χ0v) is 15.0. The molecular weight excluding hydrogens is 320 g/mol. The van der Waals surface area contributed by atoms with Crippen LogP contribution in [0.15, 0.2) is 84.9 Å². The Bertz CT molecular complexity index is 846. The second kappa shape index (κ2) is 8.45. The summed E-state index contributed by atoms with van der Waals surface area (Å²) < 4.78 is 0. The average Bonchev–Trinajstić information content (AvgIpc) is 2.72. The highest BCUT2D eigenvalue weighted by Gasteiger charge is 2.22. The third kappa shape index (κ3) is 4.01. The molecule has 0 radical (unpaired) electrons. The molecule has 3 aromatic carbocycles. The fourth-order valence-electron chi connectivity index (χ4n) is 3.16. The number of carbonyl (C=O) groups excluding carboxylic acids is 1. The quantitative estimate of drug-likeness (QED) is 0.735. The van der Waals surface area contributed by atoms with Gasteiger partial charge in [0.25, 0.3) is 5.91 Å². The number of nitrogens with zero attached hydrogens (tertiary/aromatic N) is 1. The number of amides is 1. The molecule has 0 spiro atoms. The number of rotatable bonds is 6. The predicted molar refractivity (Wildman–Crippen MR) is 107 cm³/mol. The summed E-state index contributed by atoms with van der Waals surface area (Å²) in [4.78, 5) is 15.0. The Kier molecular flexibility index (Phi) is 5.82. The summed E-state index contributed by atoms with van der Waals surface area (Å²) in [6, 6.07) is 27.8. The van der Waals surface area contributed by atoms with Crippen LogP contribution in [0.3, 0.4) is 0 Å². The molecule has 0 aliphatic carbocycles. The van der Waals surface area contributed by atoms with Gasteiger partial charge in [0.1, 0.15) is 0 Å². The second-order valence-corrected chi connectivity index (χ2v) is 6.41. The fraction of sp³-hybridized carbons (Fsp3) is 0.174. The van der Waals surface area contributed by atoms with Crippen molar-refractivity contribution in [2.45, 2.75) is 12.5 Å². The van der Waals surface area contributed by atoms with Crippen molar-refractivity contribution in [2.24, 2.45) is 5.73 Å².